The highest BCUT2D eigenvalue weighted by molar-refractivity contribution is 5.68. The van der Waals surface area contributed by atoms with Crippen LogP contribution >= 0.6 is 0 Å². The van der Waals surface area contributed by atoms with Crippen molar-refractivity contribution in [3.05, 3.63) is 35.4 Å². The van der Waals surface area contributed by atoms with E-state index >= 15 is 0 Å². The van der Waals surface area contributed by atoms with E-state index in [1.807, 2.05) is 6.92 Å². The number of hydrogen-bond donors (Lipinski definition) is 4. The zero-order chi connectivity index (χ0) is 35.9. The minimum atomic E-state index is -4.75. The number of nitrogens with one attached hydrogen (secondary N) is 3. The van der Waals surface area contributed by atoms with Crippen LogP contribution in [0.25, 0.3) is 0 Å². The van der Waals surface area contributed by atoms with Crippen molar-refractivity contribution in [1.82, 2.24) is 25.3 Å². The fourth-order valence-electron chi connectivity index (χ4n) is 7.81. The molecule has 0 saturated heterocycles. The Kier molecular flexibility index (Phi) is 10.3. The Morgan fingerprint density at radius 2 is 1.59 bits per heavy atom. The standard InChI is InChI=1S/C33H46F6N8O2/c1-17(2)21-9-8-18(3)11-23(21)49-29(48)44-25-7-6-10-30(25,4)47-28-43-16-22(33(37,38)39)26(45-28)19-12-24(40)31(5,13-19)46-27-41-14-20(15-42-27)32(34,35)36/h14-19,21,23-25H,6-13,40H2,1-5H3,(H,44,48)(H,41,42,46)(H,43,45,47)/t18-,19?,21+,23-,24?,25?,30?,31?/m1/s1. The summed E-state index contributed by atoms with van der Waals surface area (Å²) in [6, 6.07) is -1.09. The van der Waals surface area contributed by atoms with Crippen LogP contribution in [0, 0.1) is 17.8 Å². The highest BCUT2D eigenvalue weighted by atomic mass is 19.4. The van der Waals surface area contributed by atoms with Crippen LogP contribution in [-0.2, 0) is 17.1 Å². The molecule has 10 nitrogen and oxygen atoms in total. The lowest BCUT2D eigenvalue weighted by Gasteiger charge is -2.38. The van der Waals surface area contributed by atoms with E-state index in [0.29, 0.717) is 37.1 Å². The summed E-state index contributed by atoms with van der Waals surface area (Å²) in [6.45, 7) is 9.97. The third kappa shape index (κ3) is 8.31. The van der Waals surface area contributed by atoms with Crippen molar-refractivity contribution in [3.63, 3.8) is 0 Å². The quantitative estimate of drug-likeness (QED) is 0.209. The molecule has 3 saturated carbocycles. The molecule has 0 spiro atoms. The summed E-state index contributed by atoms with van der Waals surface area (Å²) < 4.78 is 87.7. The Morgan fingerprint density at radius 3 is 2.22 bits per heavy atom. The van der Waals surface area contributed by atoms with Gasteiger partial charge in [0.05, 0.1) is 33.9 Å². The Labute approximate surface area is 282 Å². The average Bonchev–Trinajstić information content (AvgIpc) is 3.49. The summed E-state index contributed by atoms with van der Waals surface area (Å²) in [4.78, 5) is 29.1. The fourth-order valence-corrected chi connectivity index (χ4v) is 7.81. The molecule has 5 N–H and O–H groups in total. The summed E-state index contributed by atoms with van der Waals surface area (Å²) in [5.41, 5.74) is 2.32. The first kappa shape index (κ1) is 36.8. The van der Waals surface area contributed by atoms with Gasteiger partial charge in [0.2, 0.25) is 11.9 Å². The van der Waals surface area contributed by atoms with Gasteiger partial charge >= 0.3 is 18.4 Å². The van der Waals surface area contributed by atoms with Crippen LogP contribution in [0.5, 0.6) is 0 Å². The van der Waals surface area contributed by atoms with Gasteiger partial charge in [-0.05, 0) is 76.5 Å². The molecule has 0 radical (unpaired) electrons. The predicted molar refractivity (Wildman–Crippen MR) is 170 cm³/mol. The molecule has 2 aromatic rings. The normalized spacial score (nSPS) is 32.3. The van der Waals surface area contributed by atoms with Gasteiger partial charge < -0.3 is 26.4 Å². The van der Waals surface area contributed by atoms with Crippen LogP contribution in [0.1, 0.15) is 109 Å². The molecule has 16 heteroatoms. The number of carbonyl (C=O) groups is 1. The molecule has 5 unspecified atom stereocenters. The molecule has 0 aliphatic heterocycles. The molecule has 49 heavy (non-hydrogen) atoms. The van der Waals surface area contributed by atoms with Crippen molar-refractivity contribution in [2.75, 3.05) is 10.6 Å². The molecule has 2 aromatic heterocycles. The first-order valence-electron chi connectivity index (χ1n) is 16.9. The maximum Gasteiger partial charge on any atom is 0.419 e. The van der Waals surface area contributed by atoms with E-state index in [2.05, 4.69) is 56.7 Å². The number of aromatic nitrogens is 4. The third-order valence-electron chi connectivity index (χ3n) is 10.8. The van der Waals surface area contributed by atoms with Gasteiger partial charge in [-0.25, -0.2) is 24.7 Å². The number of amides is 1. The average molecular weight is 701 g/mol. The zero-order valence-corrected chi connectivity index (χ0v) is 28.4. The molecule has 8 atom stereocenters. The highest BCUT2D eigenvalue weighted by Crippen LogP contribution is 2.45. The third-order valence-corrected chi connectivity index (χ3v) is 10.8. The van der Waals surface area contributed by atoms with E-state index in [4.69, 9.17) is 10.5 Å². The monoisotopic (exact) mass is 700 g/mol. The number of rotatable bonds is 8. The Bertz CT molecular complexity index is 1470. The second kappa shape index (κ2) is 13.7. The van der Waals surface area contributed by atoms with Gasteiger partial charge in [0.1, 0.15) is 6.10 Å². The van der Waals surface area contributed by atoms with Crippen LogP contribution in [0.3, 0.4) is 0 Å². The van der Waals surface area contributed by atoms with Gasteiger partial charge in [0.15, 0.2) is 0 Å². The molecular formula is C33H46F6N8O2. The Balaban J connectivity index is 1.32. The van der Waals surface area contributed by atoms with E-state index in [0.717, 1.165) is 31.9 Å². The van der Waals surface area contributed by atoms with Crippen molar-refractivity contribution < 1.29 is 35.9 Å². The van der Waals surface area contributed by atoms with Crippen LogP contribution in [0.15, 0.2) is 18.6 Å². The lowest BCUT2D eigenvalue weighted by molar-refractivity contribution is -0.139. The summed E-state index contributed by atoms with van der Waals surface area (Å²) in [5.74, 6) is 0.187. The van der Waals surface area contributed by atoms with Crippen LogP contribution in [-0.4, -0.2) is 55.3 Å². The van der Waals surface area contributed by atoms with Gasteiger partial charge in [0.25, 0.3) is 0 Å². The summed E-state index contributed by atoms with van der Waals surface area (Å²) in [7, 11) is 0. The summed E-state index contributed by atoms with van der Waals surface area (Å²) in [6.07, 6.45) is -2.99. The largest absolute Gasteiger partial charge is 0.446 e. The number of alkyl halides is 6. The van der Waals surface area contributed by atoms with Crippen LogP contribution in [0.4, 0.5) is 43.0 Å². The zero-order valence-electron chi connectivity index (χ0n) is 28.4. The van der Waals surface area contributed by atoms with E-state index in [9.17, 15) is 31.1 Å². The van der Waals surface area contributed by atoms with E-state index in [-0.39, 0.29) is 48.5 Å². The number of ether oxygens (including phenoxy) is 1. The first-order chi connectivity index (χ1) is 22.8. The van der Waals surface area contributed by atoms with Gasteiger partial charge in [-0.15, -0.1) is 0 Å². The first-order valence-corrected chi connectivity index (χ1v) is 16.9. The fraction of sp³-hybridized carbons (Fsp3) is 0.727. The molecule has 0 bridgehead atoms. The molecule has 5 rings (SSSR count). The van der Waals surface area contributed by atoms with Crippen LogP contribution in [0.2, 0.25) is 0 Å². The number of carbonyl (C=O) groups excluding carboxylic acids is 1. The molecule has 272 valence electrons. The van der Waals surface area contributed by atoms with Crippen LogP contribution < -0.4 is 21.7 Å². The van der Waals surface area contributed by atoms with Gasteiger partial charge in [0, 0.05) is 30.6 Å². The maximum absolute atomic E-state index is 14.3. The number of anilines is 2. The smallest absolute Gasteiger partial charge is 0.419 e. The van der Waals surface area contributed by atoms with E-state index in [1.54, 1.807) is 6.92 Å². The number of halogens is 6. The predicted octanol–water partition coefficient (Wildman–Crippen LogP) is 7.29. The maximum atomic E-state index is 14.3. The van der Waals surface area contributed by atoms with Crippen molar-refractivity contribution >= 4 is 18.0 Å². The number of nitrogens with zero attached hydrogens (tertiary/aromatic N) is 4. The molecule has 0 aromatic carbocycles. The molecular weight excluding hydrogens is 654 g/mol. The number of hydrogen-bond acceptors (Lipinski definition) is 9. The number of alkyl carbamates (subject to hydrolysis) is 1. The topological polar surface area (TPSA) is 140 Å². The molecule has 3 aliphatic rings. The lowest BCUT2D eigenvalue weighted by atomic mass is 9.75. The van der Waals surface area contributed by atoms with Gasteiger partial charge in [-0.1, -0.05) is 27.2 Å². The van der Waals surface area contributed by atoms with E-state index < -0.39 is 52.6 Å². The number of nitrogens with two attached hydrogens (primary N) is 1. The Hall–Kier alpha value is -3.43. The molecule has 3 aliphatic carbocycles. The van der Waals surface area contributed by atoms with Crippen molar-refractivity contribution in [1.29, 1.82) is 0 Å². The minimum absolute atomic E-state index is 0.0187. The molecule has 1 amide bonds. The molecule has 3 fully saturated rings. The second-order valence-electron chi connectivity index (χ2n) is 15.0. The SMILES string of the molecule is CC(C)[C@@H]1CC[C@@H](C)C[C@H]1OC(=O)NC1CCCC1(C)Nc1ncc(C(F)(F)F)c(C2CC(N)C(C)(Nc3ncc(C(F)(F)F)cn3)C2)n1. The minimum Gasteiger partial charge on any atom is -0.446 e. The highest BCUT2D eigenvalue weighted by Gasteiger charge is 2.48. The summed E-state index contributed by atoms with van der Waals surface area (Å²) >= 11 is 0. The van der Waals surface area contributed by atoms with Crippen molar-refractivity contribution in [2.24, 2.45) is 23.5 Å². The summed E-state index contributed by atoms with van der Waals surface area (Å²) in [5, 5.41) is 9.17. The van der Waals surface area contributed by atoms with E-state index in [1.165, 1.54) is 0 Å². The van der Waals surface area contributed by atoms with Gasteiger partial charge in [-0.2, -0.15) is 26.3 Å². The molecule has 2 heterocycles. The van der Waals surface area contributed by atoms with Crippen molar-refractivity contribution in [3.8, 4) is 0 Å². The Morgan fingerprint density at radius 1 is 0.939 bits per heavy atom. The van der Waals surface area contributed by atoms with Crippen molar-refractivity contribution in [2.45, 2.75) is 134 Å². The van der Waals surface area contributed by atoms with Gasteiger partial charge in [-0.3, -0.25) is 0 Å². The lowest BCUT2D eigenvalue weighted by Crippen LogP contribution is -2.53. The second-order valence-corrected chi connectivity index (χ2v) is 15.0.